The summed E-state index contributed by atoms with van der Waals surface area (Å²) in [7, 11) is 3.32. The van der Waals surface area contributed by atoms with Gasteiger partial charge in [0.2, 0.25) is 5.91 Å². The second-order valence-electron chi connectivity index (χ2n) is 5.21. The van der Waals surface area contributed by atoms with Crippen molar-refractivity contribution in [2.75, 3.05) is 19.4 Å². The standard InChI is InChI=1S/C17H16Cl2N2O2/c1-21(2)17(23)12-7-8-14(19)15(9-12)20-16(22)10-11-5-3-4-6-13(11)18/h3-9H,10H2,1-2H3,(H,20,22). The molecule has 120 valence electrons. The fraction of sp³-hybridized carbons (Fsp3) is 0.176. The van der Waals surface area contributed by atoms with E-state index >= 15 is 0 Å². The van der Waals surface area contributed by atoms with Crippen LogP contribution >= 0.6 is 23.2 Å². The maximum Gasteiger partial charge on any atom is 0.253 e. The van der Waals surface area contributed by atoms with Gasteiger partial charge in [-0.1, -0.05) is 41.4 Å². The van der Waals surface area contributed by atoms with Gasteiger partial charge in [0.1, 0.15) is 0 Å². The smallest absolute Gasteiger partial charge is 0.253 e. The molecule has 2 aromatic rings. The molecule has 0 radical (unpaired) electrons. The van der Waals surface area contributed by atoms with Gasteiger partial charge in [0.25, 0.3) is 5.91 Å². The van der Waals surface area contributed by atoms with E-state index < -0.39 is 0 Å². The fourth-order valence-electron chi connectivity index (χ4n) is 2.02. The summed E-state index contributed by atoms with van der Waals surface area (Å²) in [5.41, 5.74) is 1.58. The predicted octanol–water partition coefficient (Wildman–Crippen LogP) is 3.88. The molecule has 0 heterocycles. The molecule has 0 bridgehead atoms. The Kier molecular flexibility index (Phi) is 5.64. The number of anilines is 1. The quantitative estimate of drug-likeness (QED) is 0.909. The number of nitrogens with zero attached hydrogens (tertiary/aromatic N) is 1. The van der Waals surface area contributed by atoms with E-state index in [4.69, 9.17) is 23.2 Å². The van der Waals surface area contributed by atoms with E-state index in [1.165, 1.54) is 4.90 Å². The minimum Gasteiger partial charge on any atom is -0.345 e. The Labute approximate surface area is 145 Å². The van der Waals surface area contributed by atoms with Gasteiger partial charge in [-0.15, -0.1) is 0 Å². The Hall–Kier alpha value is -2.04. The van der Waals surface area contributed by atoms with Crippen molar-refractivity contribution in [3.8, 4) is 0 Å². The van der Waals surface area contributed by atoms with Crippen LogP contribution in [0.3, 0.4) is 0 Å². The molecule has 0 saturated heterocycles. The summed E-state index contributed by atoms with van der Waals surface area (Å²) < 4.78 is 0. The van der Waals surface area contributed by atoms with Crippen LogP contribution in [0.2, 0.25) is 10.0 Å². The molecule has 6 heteroatoms. The van der Waals surface area contributed by atoms with Gasteiger partial charge in [-0.3, -0.25) is 9.59 Å². The Bertz CT molecular complexity index is 745. The van der Waals surface area contributed by atoms with E-state index in [2.05, 4.69) is 5.32 Å². The number of nitrogens with one attached hydrogen (secondary N) is 1. The molecule has 0 aromatic heterocycles. The number of carbonyl (C=O) groups is 2. The first-order chi connectivity index (χ1) is 10.9. The van der Waals surface area contributed by atoms with Crippen molar-refractivity contribution in [3.63, 3.8) is 0 Å². The van der Waals surface area contributed by atoms with Crippen LogP contribution in [0.5, 0.6) is 0 Å². The Morgan fingerprint density at radius 2 is 1.74 bits per heavy atom. The van der Waals surface area contributed by atoms with Crippen molar-refractivity contribution in [1.82, 2.24) is 4.90 Å². The average Bonchev–Trinajstić information content (AvgIpc) is 2.51. The van der Waals surface area contributed by atoms with Crippen LogP contribution in [0.25, 0.3) is 0 Å². The lowest BCUT2D eigenvalue weighted by atomic mass is 10.1. The SMILES string of the molecule is CN(C)C(=O)c1ccc(Cl)c(NC(=O)Cc2ccccc2Cl)c1. The topological polar surface area (TPSA) is 49.4 Å². The van der Waals surface area contributed by atoms with E-state index in [9.17, 15) is 9.59 Å². The molecule has 23 heavy (non-hydrogen) atoms. The van der Waals surface area contributed by atoms with Crippen LogP contribution in [0.15, 0.2) is 42.5 Å². The summed E-state index contributed by atoms with van der Waals surface area (Å²) in [6, 6.07) is 11.9. The molecule has 0 fully saturated rings. The van der Waals surface area contributed by atoms with Crippen molar-refractivity contribution in [2.24, 2.45) is 0 Å². The molecule has 2 aromatic carbocycles. The first-order valence-electron chi connectivity index (χ1n) is 6.93. The molecule has 0 unspecified atom stereocenters. The van der Waals surface area contributed by atoms with Gasteiger partial charge in [-0.25, -0.2) is 0 Å². The lowest BCUT2D eigenvalue weighted by molar-refractivity contribution is -0.115. The molecule has 2 amide bonds. The molecule has 4 nitrogen and oxygen atoms in total. The summed E-state index contributed by atoms with van der Waals surface area (Å²) in [4.78, 5) is 25.6. The number of halogens is 2. The average molecular weight is 351 g/mol. The lowest BCUT2D eigenvalue weighted by Gasteiger charge is -2.13. The van der Waals surface area contributed by atoms with Gasteiger partial charge in [0, 0.05) is 24.7 Å². The van der Waals surface area contributed by atoms with Crippen molar-refractivity contribution in [1.29, 1.82) is 0 Å². The highest BCUT2D eigenvalue weighted by Crippen LogP contribution is 2.24. The molecule has 0 aliphatic rings. The fourth-order valence-corrected chi connectivity index (χ4v) is 2.39. The third-order valence-corrected chi connectivity index (χ3v) is 3.90. The molecule has 0 aliphatic heterocycles. The summed E-state index contributed by atoms with van der Waals surface area (Å²) in [5, 5.41) is 3.62. The van der Waals surface area contributed by atoms with Crippen molar-refractivity contribution in [3.05, 3.63) is 63.6 Å². The first kappa shape index (κ1) is 17.3. The highest BCUT2D eigenvalue weighted by molar-refractivity contribution is 6.34. The number of carbonyl (C=O) groups excluding carboxylic acids is 2. The maximum absolute atomic E-state index is 12.2. The van der Waals surface area contributed by atoms with Gasteiger partial charge in [0.05, 0.1) is 17.1 Å². The van der Waals surface area contributed by atoms with Crippen LogP contribution < -0.4 is 5.32 Å². The van der Waals surface area contributed by atoms with Crippen molar-refractivity contribution < 1.29 is 9.59 Å². The zero-order valence-corrected chi connectivity index (χ0v) is 14.3. The van der Waals surface area contributed by atoms with Crippen LogP contribution in [-0.4, -0.2) is 30.8 Å². The predicted molar refractivity (Wildman–Crippen MR) is 93.3 cm³/mol. The van der Waals surface area contributed by atoms with E-state index in [-0.39, 0.29) is 18.2 Å². The van der Waals surface area contributed by atoms with Gasteiger partial charge in [-0.2, -0.15) is 0 Å². The maximum atomic E-state index is 12.2. The van der Waals surface area contributed by atoms with Crippen LogP contribution in [0.1, 0.15) is 15.9 Å². The zero-order chi connectivity index (χ0) is 17.0. The normalized spacial score (nSPS) is 10.3. The molecule has 0 spiro atoms. The minimum atomic E-state index is -0.255. The Morgan fingerprint density at radius 1 is 1.04 bits per heavy atom. The van der Waals surface area contributed by atoms with E-state index in [1.54, 1.807) is 50.5 Å². The molecule has 0 atom stereocenters. The highest BCUT2D eigenvalue weighted by Gasteiger charge is 2.13. The third-order valence-electron chi connectivity index (χ3n) is 3.20. The number of hydrogen-bond donors (Lipinski definition) is 1. The Morgan fingerprint density at radius 3 is 2.39 bits per heavy atom. The summed E-state index contributed by atoms with van der Waals surface area (Å²) in [5.74, 6) is -0.419. The second-order valence-corrected chi connectivity index (χ2v) is 6.02. The summed E-state index contributed by atoms with van der Waals surface area (Å²) in [6.45, 7) is 0. The largest absolute Gasteiger partial charge is 0.345 e. The first-order valence-corrected chi connectivity index (χ1v) is 7.68. The number of benzene rings is 2. The summed E-state index contributed by atoms with van der Waals surface area (Å²) in [6.07, 6.45) is 0.127. The number of rotatable bonds is 4. The molecule has 2 rings (SSSR count). The van der Waals surface area contributed by atoms with Gasteiger partial charge in [0.15, 0.2) is 0 Å². The van der Waals surface area contributed by atoms with Gasteiger partial charge >= 0.3 is 0 Å². The zero-order valence-electron chi connectivity index (χ0n) is 12.8. The second kappa shape index (κ2) is 7.49. The van der Waals surface area contributed by atoms with Crippen LogP contribution in [0.4, 0.5) is 5.69 Å². The van der Waals surface area contributed by atoms with E-state index in [0.717, 1.165) is 5.56 Å². The van der Waals surface area contributed by atoms with Crippen LogP contribution in [0, 0.1) is 0 Å². The molecule has 0 saturated carbocycles. The lowest BCUT2D eigenvalue weighted by Crippen LogP contribution is -2.22. The van der Waals surface area contributed by atoms with Crippen molar-refractivity contribution >= 4 is 40.7 Å². The Balaban J connectivity index is 2.16. The summed E-state index contributed by atoms with van der Waals surface area (Å²) >= 11 is 12.1. The molecule has 1 N–H and O–H groups in total. The number of amides is 2. The minimum absolute atomic E-state index is 0.127. The van der Waals surface area contributed by atoms with Crippen LogP contribution in [-0.2, 0) is 11.2 Å². The monoisotopic (exact) mass is 350 g/mol. The molecular weight excluding hydrogens is 335 g/mol. The van der Waals surface area contributed by atoms with E-state index in [1.807, 2.05) is 6.07 Å². The van der Waals surface area contributed by atoms with E-state index in [0.29, 0.717) is 21.3 Å². The molecule has 0 aliphatic carbocycles. The third kappa shape index (κ3) is 4.47. The van der Waals surface area contributed by atoms with Crippen molar-refractivity contribution in [2.45, 2.75) is 6.42 Å². The number of hydrogen-bond acceptors (Lipinski definition) is 2. The highest BCUT2D eigenvalue weighted by atomic mass is 35.5. The molecular formula is C17H16Cl2N2O2. The van der Waals surface area contributed by atoms with Gasteiger partial charge in [-0.05, 0) is 29.8 Å². The van der Waals surface area contributed by atoms with Gasteiger partial charge < -0.3 is 10.2 Å².